The molecule has 0 saturated carbocycles. The Morgan fingerprint density at radius 2 is 2.04 bits per heavy atom. The number of carbonyl (C=O) groups is 1. The van der Waals surface area contributed by atoms with Gasteiger partial charge in [0.1, 0.15) is 5.60 Å². The first kappa shape index (κ1) is 18.0. The van der Waals surface area contributed by atoms with E-state index in [9.17, 15) is 4.79 Å². The molecule has 0 spiro atoms. The number of amides is 1. The highest BCUT2D eigenvalue weighted by atomic mass is 127. The molecule has 0 aliphatic carbocycles. The molecule has 130 valence electrons. The van der Waals surface area contributed by atoms with E-state index in [-0.39, 0.29) is 0 Å². The molecule has 0 bridgehead atoms. The van der Waals surface area contributed by atoms with Crippen molar-refractivity contribution in [3.05, 3.63) is 36.8 Å². The molecule has 1 unspecified atom stereocenters. The van der Waals surface area contributed by atoms with Crippen LogP contribution in [0.5, 0.6) is 0 Å². The molecular formula is C16H17IN5O2P. The Kier molecular flexibility index (Phi) is 5.19. The van der Waals surface area contributed by atoms with Crippen LogP contribution in [-0.2, 0) is 4.74 Å². The van der Waals surface area contributed by atoms with Gasteiger partial charge in [0.15, 0.2) is 5.65 Å². The number of carbonyl (C=O) groups excluding carboxylic acids is 1. The highest BCUT2D eigenvalue weighted by Crippen LogP contribution is 2.33. The minimum absolute atomic E-state index is 0.403. The van der Waals surface area contributed by atoms with Crippen LogP contribution in [0.25, 0.3) is 22.3 Å². The Labute approximate surface area is 159 Å². The highest BCUT2D eigenvalue weighted by molar-refractivity contribution is 14.2. The average Bonchev–Trinajstić information content (AvgIpc) is 2.97. The van der Waals surface area contributed by atoms with Crippen molar-refractivity contribution in [1.82, 2.24) is 19.5 Å². The zero-order chi connectivity index (χ0) is 18.0. The lowest BCUT2D eigenvalue weighted by Gasteiger charge is -2.20. The van der Waals surface area contributed by atoms with E-state index in [1.807, 2.05) is 39.0 Å². The maximum Gasteiger partial charge on any atom is 0.412 e. The fourth-order valence-electron chi connectivity index (χ4n) is 2.25. The van der Waals surface area contributed by atoms with Crippen LogP contribution in [0, 0.1) is 0 Å². The molecule has 3 aromatic rings. The number of ether oxygens (including phenoxy) is 1. The number of nitrogens with zero attached hydrogens (tertiary/aromatic N) is 4. The van der Waals surface area contributed by atoms with E-state index in [1.165, 1.54) is 0 Å². The molecule has 1 N–H and O–H groups in total. The third-order valence-corrected chi connectivity index (χ3v) is 5.09. The number of pyridine rings is 2. The molecule has 3 heterocycles. The lowest BCUT2D eigenvalue weighted by Crippen LogP contribution is -2.27. The van der Waals surface area contributed by atoms with E-state index in [0.717, 1.165) is 16.6 Å². The van der Waals surface area contributed by atoms with Gasteiger partial charge in [-0.1, -0.05) is 0 Å². The summed E-state index contributed by atoms with van der Waals surface area (Å²) < 4.78 is 7.17. The molecule has 3 aromatic heterocycles. The fraction of sp³-hybridized carbons (Fsp3) is 0.250. The molecule has 0 aliphatic heterocycles. The van der Waals surface area contributed by atoms with Crippen LogP contribution >= 0.6 is 28.4 Å². The van der Waals surface area contributed by atoms with Crippen molar-refractivity contribution in [2.45, 2.75) is 26.4 Å². The highest BCUT2D eigenvalue weighted by Gasteiger charge is 2.19. The summed E-state index contributed by atoms with van der Waals surface area (Å²) >= 11 is 2.25. The van der Waals surface area contributed by atoms with Crippen molar-refractivity contribution in [2.24, 2.45) is 0 Å². The van der Waals surface area contributed by atoms with Gasteiger partial charge in [-0.3, -0.25) is 10.3 Å². The van der Waals surface area contributed by atoms with Crippen molar-refractivity contribution in [1.29, 1.82) is 0 Å². The van der Waals surface area contributed by atoms with Crippen LogP contribution < -0.4 is 5.32 Å². The van der Waals surface area contributed by atoms with E-state index < -0.39 is 11.7 Å². The first-order valence-electron chi connectivity index (χ1n) is 7.53. The Morgan fingerprint density at radius 1 is 1.32 bits per heavy atom. The Bertz CT molecular complexity index is 908. The van der Waals surface area contributed by atoms with Crippen molar-refractivity contribution < 1.29 is 9.53 Å². The third kappa shape index (κ3) is 4.24. The van der Waals surface area contributed by atoms with Crippen LogP contribution in [0.1, 0.15) is 20.8 Å². The average molecular weight is 469 g/mol. The molecule has 0 fully saturated rings. The molecule has 7 nitrogen and oxygen atoms in total. The molecular weight excluding hydrogens is 452 g/mol. The molecule has 9 heteroatoms. The monoisotopic (exact) mass is 469 g/mol. The van der Waals surface area contributed by atoms with Gasteiger partial charge in [-0.15, -0.1) is 0 Å². The minimum atomic E-state index is -0.571. The molecule has 1 atom stereocenters. The lowest BCUT2D eigenvalue weighted by atomic mass is 10.1. The van der Waals surface area contributed by atoms with Crippen molar-refractivity contribution in [3.63, 3.8) is 0 Å². The van der Waals surface area contributed by atoms with Crippen molar-refractivity contribution in [2.75, 3.05) is 5.32 Å². The standard InChI is InChI=1S/C16H17IN5O2P/c1-16(2,3)24-15(23)21-13-8-12(10-4-6-18-7-5-10)20-14-11(13)9-19-22(14)25-17/h4-9,25H,1-3H3,(H,20,21,23). The third-order valence-electron chi connectivity index (χ3n) is 3.23. The molecule has 25 heavy (non-hydrogen) atoms. The van der Waals surface area contributed by atoms with Crippen molar-refractivity contribution >= 4 is 51.2 Å². The molecule has 0 saturated heterocycles. The van der Waals surface area contributed by atoms with E-state index in [4.69, 9.17) is 9.72 Å². The summed E-state index contributed by atoms with van der Waals surface area (Å²) in [6.45, 7) is 5.48. The van der Waals surface area contributed by atoms with E-state index >= 15 is 0 Å². The first-order valence-corrected chi connectivity index (χ1v) is 11.6. The molecule has 0 radical (unpaired) electrons. The SMILES string of the molecule is CC(C)(C)OC(=O)Nc1cc(-c2ccncc2)nc2c1cnn2PI. The second-order valence-electron chi connectivity index (χ2n) is 6.30. The van der Waals surface area contributed by atoms with E-state index in [2.05, 4.69) is 37.4 Å². The summed E-state index contributed by atoms with van der Waals surface area (Å²) in [6.07, 6.45) is 5.01. The van der Waals surface area contributed by atoms with Gasteiger partial charge in [-0.25, -0.2) is 14.2 Å². The number of anilines is 1. The van der Waals surface area contributed by atoms with Gasteiger partial charge >= 0.3 is 6.09 Å². The largest absolute Gasteiger partial charge is 0.444 e. The molecule has 0 aliphatic rings. The Morgan fingerprint density at radius 3 is 2.68 bits per heavy atom. The predicted octanol–water partition coefficient (Wildman–Crippen LogP) is 4.63. The first-order chi connectivity index (χ1) is 11.9. The maximum absolute atomic E-state index is 12.2. The smallest absolute Gasteiger partial charge is 0.412 e. The quantitative estimate of drug-likeness (QED) is 0.447. The van der Waals surface area contributed by atoms with E-state index in [0.29, 0.717) is 17.7 Å². The van der Waals surface area contributed by atoms with Crippen molar-refractivity contribution in [3.8, 4) is 11.3 Å². The van der Waals surface area contributed by atoms with Crippen LogP contribution in [0.3, 0.4) is 0 Å². The summed E-state index contributed by atoms with van der Waals surface area (Å²) in [5, 5.41) is 7.94. The number of nitrogens with one attached hydrogen (secondary N) is 1. The van der Waals surface area contributed by atoms with Gasteiger partial charge in [-0.2, -0.15) is 5.10 Å². The number of halogens is 1. The number of rotatable bonds is 3. The number of hydrogen-bond donors (Lipinski definition) is 1. The minimum Gasteiger partial charge on any atom is -0.444 e. The van der Waals surface area contributed by atoms with Crippen LogP contribution in [0.4, 0.5) is 10.5 Å². The topological polar surface area (TPSA) is 81.9 Å². The van der Waals surface area contributed by atoms with E-state index in [1.54, 1.807) is 23.0 Å². The van der Waals surface area contributed by atoms with Gasteiger partial charge in [0, 0.05) is 18.0 Å². The van der Waals surface area contributed by atoms with Gasteiger partial charge in [0.2, 0.25) is 0 Å². The Hall–Kier alpha value is -1.80. The second kappa shape index (κ2) is 7.21. The van der Waals surface area contributed by atoms with Crippen LogP contribution in [0.2, 0.25) is 0 Å². The second-order valence-corrected chi connectivity index (χ2v) is 8.34. The molecule has 1 amide bonds. The zero-order valence-corrected chi connectivity index (χ0v) is 17.1. The normalized spacial score (nSPS) is 12.0. The van der Waals surface area contributed by atoms with Gasteiger partial charge in [0.05, 0.1) is 29.3 Å². The van der Waals surface area contributed by atoms with Gasteiger partial charge < -0.3 is 4.74 Å². The van der Waals surface area contributed by atoms with Gasteiger partial charge in [-0.05, 0) is 61.0 Å². The predicted molar refractivity (Wildman–Crippen MR) is 108 cm³/mol. The summed E-state index contributed by atoms with van der Waals surface area (Å²) in [4.78, 5) is 20.9. The maximum atomic E-state index is 12.2. The number of fused-ring (bicyclic) bond motifs is 1. The summed E-state index contributed by atoms with van der Waals surface area (Å²) in [5.41, 5.74) is 2.41. The fourth-order valence-corrected chi connectivity index (χ4v) is 3.66. The molecule has 3 rings (SSSR count). The number of aromatic nitrogens is 4. The summed E-state index contributed by atoms with van der Waals surface area (Å²) in [6, 6.07) is 5.57. The number of hydrogen-bond acceptors (Lipinski definition) is 5. The zero-order valence-electron chi connectivity index (χ0n) is 13.9. The van der Waals surface area contributed by atoms with Crippen LogP contribution in [-0.4, -0.2) is 31.2 Å². The summed E-state index contributed by atoms with van der Waals surface area (Å²) in [7, 11) is 0. The van der Waals surface area contributed by atoms with Crippen LogP contribution in [0.15, 0.2) is 36.8 Å². The Balaban J connectivity index is 2.07. The molecule has 0 aromatic carbocycles. The van der Waals surface area contributed by atoms with Gasteiger partial charge in [0.25, 0.3) is 0 Å². The lowest BCUT2D eigenvalue weighted by molar-refractivity contribution is 0.0636. The summed E-state index contributed by atoms with van der Waals surface area (Å²) in [5.74, 6) is 0.